The summed E-state index contributed by atoms with van der Waals surface area (Å²) in [5, 5.41) is 13.3. The Morgan fingerprint density at radius 2 is 1.97 bits per heavy atom. The quantitative estimate of drug-likeness (QED) is 0.488. The van der Waals surface area contributed by atoms with Crippen molar-refractivity contribution in [2.24, 2.45) is 5.73 Å². The molecule has 3 heterocycles. The molecule has 1 atom stereocenters. The summed E-state index contributed by atoms with van der Waals surface area (Å²) < 4.78 is 0. The van der Waals surface area contributed by atoms with Crippen molar-refractivity contribution in [2.45, 2.75) is 32.2 Å². The van der Waals surface area contributed by atoms with Gasteiger partial charge in [-0.3, -0.25) is 9.69 Å². The van der Waals surface area contributed by atoms with Crippen LogP contribution >= 0.6 is 11.3 Å². The van der Waals surface area contributed by atoms with Crippen LogP contribution in [0.15, 0.2) is 48.5 Å². The number of anilines is 2. The third kappa shape index (κ3) is 5.12. The van der Waals surface area contributed by atoms with Gasteiger partial charge in [-0.2, -0.15) is 0 Å². The van der Waals surface area contributed by atoms with E-state index in [2.05, 4.69) is 10.2 Å². The van der Waals surface area contributed by atoms with Crippen LogP contribution in [0.25, 0.3) is 10.4 Å². The second kappa shape index (κ2) is 9.60. The van der Waals surface area contributed by atoms with Gasteiger partial charge in [-0.05, 0) is 55.3 Å². The van der Waals surface area contributed by atoms with Gasteiger partial charge in [0.25, 0.3) is 5.91 Å². The number of pyridine rings is 1. The first-order valence-corrected chi connectivity index (χ1v) is 11.5. The molecule has 1 unspecified atom stereocenters. The van der Waals surface area contributed by atoms with Gasteiger partial charge in [0.05, 0.1) is 11.3 Å². The monoisotopic (exact) mass is 436 g/mol. The highest BCUT2D eigenvalue weighted by molar-refractivity contribution is 7.19. The van der Waals surface area contributed by atoms with E-state index in [1.54, 1.807) is 0 Å². The second-order valence-electron chi connectivity index (χ2n) is 8.05. The molecule has 1 aliphatic rings. The molecule has 6 nitrogen and oxygen atoms in total. The minimum atomic E-state index is -0.469. The Morgan fingerprint density at radius 3 is 2.65 bits per heavy atom. The number of amides is 1. The lowest BCUT2D eigenvalue weighted by atomic mass is 10.0. The number of hydrogen-bond acceptors (Lipinski definition) is 6. The molecule has 1 fully saturated rings. The number of benzene rings is 1. The van der Waals surface area contributed by atoms with E-state index in [4.69, 9.17) is 10.7 Å². The number of thiophene rings is 1. The summed E-state index contributed by atoms with van der Waals surface area (Å²) in [6.45, 7) is 5.18. The molecule has 2 aromatic heterocycles. The number of aliphatic hydroxyl groups is 1. The van der Waals surface area contributed by atoms with Gasteiger partial charge in [-0.15, -0.1) is 11.3 Å². The molecule has 31 heavy (non-hydrogen) atoms. The van der Waals surface area contributed by atoms with Crippen LogP contribution in [0.1, 0.15) is 47.3 Å². The molecule has 0 bridgehead atoms. The lowest BCUT2D eigenvalue weighted by Gasteiger charge is -2.14. The Hall–Kier alpha value is -2.74. The maximum absolute atomic E-state index is 12.1. The van der Waals surface area contributed by atoms with Gasteiger partial charge >= 0.3 is 0 Å². The first-order chi connectivity index (χ1) is 15.0. The number of aromatic nitrogens is 1. The minimum Gasteiger partial charge on any atom is -0.396 e. The molecule has 0 spiro atoms. The van der Waals surface area contributed by atoms with Crippen molar-refractivity contribution < 1.29 is 9.90 Å². The van der Waals surface area contributed by atoms with Crippen molar-refractivity contribution in [1.29, 1.82) is 0 Å². The average Bonchev–Trinajstić information content (AvgIpc) is 3.44. The normalized spacial score (nSPS) is 15.2. The number of aliphatic hydroxyl groups excluding tert-OH is 1. The number of likely N-dealkylation sites (tertiary alicyclic amines) is 1. The number of carbonyl (C=O) groups excluding carboxylic acids is 1. The Bertz CT molecular complexity index is 1040. The molecule has 7 heteroatoms. The summed E-state index contributed by atoms with van der Waals surface area (Å²) in [6, 6.07) is 15.8. The van der Waals surface area contributed by atoms with Crippen LogP contribution in [0.4, 0.5) is 10.8 Å². The topological polar surface area (TPSA) is 91.5 Å². The van der Waals surface area contributed by atoms with Crippen molar-refractivity contribution in [2.75, 3.05) is 25.0 Å². The SMILES string of the molecule is CC(CO)c1ccc(-c2cc(C(N)=O)c(Nc3cccc(CN4CCCC4)n3)s2)cc1. The Kier molecular flexibility index (Phi) is 6.65. The summed E-state index contributed by atoms with van der Waals surface area (Å²) in [5.41, 5.74) is 9.21. The van der Waals surface area contributed by atoms with Crippen LogP contribution in [0.5, 0.6) is 0 Å². The molecular weight excluding hydrogens is 408 g/mol. The smallest absolute Gasteiger partial charge is 0.251 e. The molecule has 1 saturated heterocycles. The van der Waals surface area contributed by atoms with E-state index in [1.165, 1.54) is 24.2 Å². The van der Waals surface area contributed by atoms with E-state index in [0.717, 1.165) is 41.3 Å². The van der Waals surface area contributed by atoms with Crippen molar-refractivity contribution in [3.63, 3.8) is 0 Å². The van der Waals surface area contributed by atoms with E-state index in [1.807, 2.05) is 55.5 Å². The number of rotatable bonds is 8. The molecule has 0 aliphatic carbocycles. The molecule has 4 N–H and O–H groups in total. The second-order valence-corrected chi connectivity index (χ2v) is 9.10. The molecule has 162 valence electrons. The molecule has 4 rings (SSSR count). The maximum Gasteiger partial charge on any atom is 0.251 e. The predicted molar refractivity (Wildman–Crippen MR) is 126 cm³/mol. The van der Waals surface area contributed by atoms with Crippen LogP contribution in [0, 0.1) is 0 Å². The zero-order valence-corrected chi connectivity index (χ0v) is 18.5. The summed E-state index contributed by atoms with van der Waals surface area (Å²) >= 11 is 1.48. The highest BCUT2D eigenvalue weighted by atomic mass is 32.1. The number of nitrogens with two attached hydrogens (primary N) is 1. The molecule has 3 aromatic rings. The number of nitrogens with one attached hydrogen (secondary N) is 1. The number of carbonyl (C=O) groups is 1. The molecule has 1 aromatic carbocycles. The van der Waals surface area contributed by atoms with Gasteiger partial charge in [0, 0.05) is 23.9 Å². The van der Waals surface area contributed by atoms with Gasteiger partial charge in [0.15, 0.2) is 0 Å². The van der Waals surface area contributed by atoms with Crippen LogP contribution in [0.2, 0.25) is 0 Å². The molecule has 1 aliphatic heterocycles. The standard InChI is InChI=1S/C24H28N4O2S/c1-16(15-29)17-7-9-18(10-8-17)21-13-20(23(25)30)24(31-21)27-22-6-4-5-19(26-22)14-28-11-2-3-12-28/h4-10,13,16,29H,2-3,11-12,14-15H2,1H3,(H2,25,30)(H,26,27). The summed E-state index contributed by atoms with van der Waals surface area (Å²) in [7, 11) is 0. The van der Waals surface area contributed by atoms with Crippen LogP contribution in [-0.4, -0.2) is 40.6 Å². The van der Waals surface area contributed by atoms with Crippen molar-refractivity contribution in [3.8, 4) is 10.4 Å². The molecule has 0 radical (unpaired) electrons. The average molecular weight is 437 g/mol. The van der Waals surface area contributed by atoms with Gasteiger partial charge in [-0.1, -0.05) is 37.3 Å². The van der Waals surface area contributed by atoms with Gasteiger partial charge in [0.1, 0.15) is 10.8 Å². The fraction of sp³-hybridized carbons (Fsp3) is 0.333. The number of nitrogens with zero attached hydrogens (tertiary/aromatic N) is 2. The van der Waals surface area contributed by atoms with E-state index in [0.29, 0.717) is 16.4 Å². The van der Waals surface area contributed by atoms with Crippen LogP contribution in [0.3, 0.4) is 0 Å². The van der Waals surface area contributed by atoms with E-state index in [-0.39, 0.29) is 12.5 Å². The predicted octanol–water partition coefficient (Wildman–Crippen LogP) is 4.34. The lowest BCUT2D eigenvalue weighted by molar-refractivity contribution is 0.100. The van der Waals surface area contributed by atoms with E-state index < -0.39 is 5.91 Å². The molecule has 1 amide bonds. The fourth-order valence-electron chi connectivity index (χ4n) is 3.81. The Morgan fingerprint density at radius 1 is 1.23 bits per heavy atom. The molecular formula is C24H28N4O2S. The Balaban J connectivity index is 1.56. The first kappa shape index (κ1) is 21.5. The number of primary amides is 1. The summed E-state index contributed by atoms with van der Waals surface area (Å²) in [4.78, 5) is 20.2. The first-order valence-electron chi connectivity index (χ1n) is 10.6. The highest BCUT2D eigenvalue weighted by Gasteiger charge is 2.17. The Labute approximate surface area is 186 Å². The summed E-state index contributed by atoms with van der Waals surface area (Å²) in [5.74, 6) is 0.332. The zero-order chi connectivity index (χ0) is 21.8. The van der Waals surface area contributed by atoms with Gasteiger partial charge < -0.3 is 16.2 Å². The lowest BCUT2D eigenvalue weighted by Crippen LogP contribution is -2.19. The minimum absolute atomic E-state index is 0.0923. The van der Waals surface area contributed by atoms with Crippen molar-refractivity contribution in [1.82, 2.24) is 9.88 Å². The van der Waals surface area contributed by atoms with Crippen LogP contribution < -0.4 is 11.1 Å². The van der Waals surface area contributed by atoms with E-state index in [9.17, 15) is 9.90 Å². The van der Waals surface area contributed by atoms with Crippen LogP contribution in [-0.2, 0) is 6.54 Å². The zero-order valence-electron chi connectivity index (χ0n) is 17.7. The molecule has 0 saturated carbocycles. The number of hydrogen-bond donors (Lipinski definition) is 3. The van der Waals surface area contributed by atoms with Crippen molar-refractivity contribution >= 4 is 28.1 Å². The fourth-order valence-corrected chi connectivity index (χ4v) is 4.89. The largest absolute Gasteiger partial charge is 0.396 e. The third-order valence-corrected chi connectivity index (χ3v) is 6.77. The van der Waals surface area contributed by atoms with E-state index >= 15 is 0 Å². The van der Waals surface area contributed by atoms with Gasteiger partial charge in [-0.25, -0.2) is 4.98 Å². The van der Waals surface area contributed by atoms with Gasteiger partial charge in [0.2, 0.25) is 0 Å². The maximum atomic E-state index is 12.1. The van der Waals surface area contributed by atoms with Crippen molar-refractivity contribution in [3.05, 3.63) is 65.4 Å². The highest BCUT2D eigenvalue weighted by Crippen LogP contribution is 2.37. The third-order valence-electron chi connectivity index (χ3n) is 5.67. The summed E-state index contributed by atoms with van der Waals surface area (Å²) in [6.07, 6.45) is 2.50.